The van der Waals surface area contributed by atoms with Gasteiger partial charge in [-0.2, -0.15) is 0 Å². The average molecular weight is 345 g/mol. The Balaban J connectivity index is 1.67. The minimum atomic E-state index is -0.392. The average Bonchev–Trinajstić information content (AvgIpc) is 3.07. The van der Waals surface area contributed by atoms with Crippen molar-refractivity contribution in [1.82, 2.24) is 5.32 Å². The number of hydrogen-bond acceptors (Lipinski definition) is 4. The molecule has 1 aromatic heterocycles. The Morgan fingerprint density at radius 2 is 1.83 bits per heavy atom. The minimum absolute atomic E-state index is 0.115. The summed E-state index contributed by atoms with van der Waals surface area (Å²) in [6.45, 7) is 0.446. The lowest BCUT2D eigenvalue weighted by atomic mass is 10.1. The van der Waals surface area contributed by atoms with Gasteiger partial charge in [0.15, 0.2) is 0 Å². The van der Waals surface area contributed by atoms with Gasteiger partial charge in [-0.25, -0.2) is 0 Å². The molecule has 0 atom stereocenters. The fourth-order valence-corrected chi connectivity index (χ4v) is 2.72. The summed E-state index contributed by atoms with van der Waals surface area (Å²) in [5.74, 6) is -0.630. The van der Waals surface area contributed by atoms with Crippen LogP contribution >= 0.6 is 11.3 Å². The quantitative estimate of drug-likeness (QED) is 0.637. The molecule has 2 rings (SSSR count). The van der Waals surface area contributed by atoms with Crippen molar-refractivity contribution >= 4 is 34.7 Å². The number of nitrogens with two attached hydrogens (primary N) is 1. The number of benzene rings is 1. The smallest absolute Gasteiger partial charge is 0.261 e. The van der Waals surface area contributed by atoms with Crippen molar-refractivity contribution < 1.29 is 14.4 Å². The van der Waals surface area contributed by atoms with Crippen LogP contribution in [0.5, 0.6) is 0 Å². The summed E-state index contributed by atoms with van der Waals surface area (Å²) < 4.78 is 0. The summed E-state index contributed by atoms with van der Waals surface area (Å²) in [6.07, 6.45) is 1.05. The lowest BCUT2D eigenvalue weighted by Gasteiger charge is -2.07. The minimum Gasteiger partial charge on any atom is -0.369 e. The van der Waals surface area contributed by atoms with Crippen molar-refractivity contribution in [2.24, 2.45) is 5.73 Å². The van der Waals surface area contributed by atoms with Crippen LogP contribution in [0.1, 0.15) is 28.1 Å². The van der Waals surface area contributed by atoms with Gasteiger partial charge in [0.05, 0.1) is 11.3 Å². The highest BCUT2D eigenvalue weighted by atomic mass is 32.1. The Morgan fingerprint density at radius 1 is 1.08 bits per heavy atom. The van der Waals surface area contributed by atoms with Crippen LogP contribution in [0.25, 0.3) is 0 Å². The SMILES string of the molecule is NC(=O)Cc1ccc(NC(=O)CCCNC(=O)c2cccs2)cc1. The molecule has 0 aliphatic carbocycles. The number of carbonyl (C=O) groups excluding carboxylic acids is 3. The molecule has 0 saturated carbocycles. The van der Waals surface area contributed by atoms with Crippen LogP contribution in [-0.4, -0.2) is 24.3 Å². The van der Waals surface area contributed by atoms with E-state index in [1.807, 2.05) is 11.4 Å². The van der Waals surface area contributed by atoms with Gasteiger partial charge < -0.3 is 16.4 Å². The zero-order valence-electron chi connectivity index (χ0n) is 13.1. The van der Waals surface area contributed by atoms with Gasteiger partial charge in [-0.3, -0.25) is 14.4 Å². The Hall–Kier alpha value is -2.67. The van der Waals surface area contributed by atoms with E-state index in [1.54, 1.807) is 30.3 Å². The van der Waals surface area contributed by atoms with Crippen LogP contribution in [0.15, 0.2) is 41.8 Å². The first-order valence-corrected chi connectivity index (χ1v) is 8.41. The van der Waals surface area contributed by atoms with Crippen LogP contribution in [0.3, 0.4) is 0 Å². The van der Waals surface area contributed by atoms with E-state index >= 15 is 0 Å². The van der Waals surface area contributed by atoms with Crippen LogP contribution in [0, 0.1) is 0 Å². The van der Waals surface area contributed by atoms with Crippen LogP contribution in [0.4, 0.5) is 5.69 Å². The Kier molecular flexibility index (Phi) is 6.51. The number of hydrogen-bond donors (Lipinski definition) is 3. The van der Waals surface area contributed by atoms with Crippen molar-refractivity contribution in [2.75, 3.05) is 11.9 Å². The molecule has 0 saturated heterocycles. The van der Waals surface area contributed by atoms with E-state index in [-0.39, 0.29) is 18.2 Å². The molecule has 126 valence electrons. The third-order valence-electron chi connectivity index (χ3n) is 3.23. The van der Waals surface area contributed by atoms with E-state index in [0.717, 1.165) is 5.56 Å². The summed E-state index contributed by atoms with van der Waals surface area (Å²) in [4.78, 5) is 35.1. The summed E-state index contributed by atoms with van der Waals surface area (Å²) in [6, 6.07) is 10.5. The van der Waals surface area contributed by atoms with Crippen molar-refractivity contribution in [1.29, 1.82) is 0 Å². The van der Waals surface area contributed by atoms with Gasteiger partial charge >= 0.3 is 0 Å². The zero-order chi connectivity index (χ0) is 17.4. The van der Waals surface area contributed by atoms with Gasteiger partial charge in [0, 0.05) is 18.7 Å². The molecule has 1 aromatic carbocycles. The van der Waals surface area contributed by atoms with E-state index < -0.39 is 5.91 Å². The largest absolute Gasteiger partial charge is 0.369 e. The van der Waals surface area contributed by atoms with Gasteiger partial charge in [-0.05, 0) is 35.6 Å². The maximum Gasteiger partial charge on any atom is 0.261 e. The number of carbonyl (C=O) groups is 3. The van der Waals surface area contributed by atoms with Crippen molar-refractivity contribution in [3.8, 4) is 0 Å². The lowest BCUT2D eigenvalue weighted by molar-refractivity contribution is -0.117. The van der Waals surface area contributed by atoms with Gasteiger partial charge in [-0.1, -0.05) is 18.2 Å². The van der Waals surface area contributed by atoms with Crippen molar-refractivity contribution in [2.45, 2.75) is 19.3 Å². The Bertz CT molecular complexity index is 696. The second kappa shape index (κ2) is 8.83. The predicted molar refractivity (Wildman–Crippen MR) is 93.9 cm³/mol. The van der Waals surface area contributed by atoms with Crippen LogP contribution in [0.2, 0.25) is 0 Å². The molecule has 0 aliphatic rings. The molecular formula is C17H19N3O3S. The molecule has 4 N–H and O–H groups in total. The lowest BCUT2D eigenvalue weighted by Crippen LogP contribution is -2.24. The Morgan fingerprint density at radius 3 is 2.46 bits per heavy atom. The molecule has 0 spiro atoms. The van der Waals surface area contributed by atoms with Gasteiger partial charge in [-0.15, -0.1) is 11.3 Å². The molecule has 6 nitrogen and oxygen atoms in total. The molecule has 1 heterocycles. The first kappa shape index (κ1) is 17.7. The fourth-order valence-electron chi connectivity index (χ4n) is 2.08. The van der Waals surface area contributed by atoms with E-state index in [2.05, 4.69) is 10.6 Å². The standard InChI is InChI=1S/C17H19N3O3S/c18-15(21)11-12-5-7-13(8-6-12)20-16(22)4-1-9-19-17(23)14-3-2-10-24-14/h2-3,5-8,10H,1,4,9,11H2,(H2,18,21)(H,19,23)(H,20,22). The third kappa shape index (κ3) is 5.85. The maximum atomic E-state index is 11.9. The molecule has 0 bridgehead atoms. The molecule has 7 heteroatoms. The van der Waals surface area contributed by atoms with E-state index in [4.69, 9.17) is 5.73 Å². The second-order valence-corrected chi connectivity index (χ2v) is 6.17. The third-order valence-corrected chi connectivity index (χ3v) is 4.10. The van der Waals surface area contributed by atoms with Crippen LogP contribution < -0.4 is 16.4 Å². The first-order valence-electron chi connectivity index (χ1n) is 7.53. The number of primary amides is 1. The molecule has 24 heavy (non-hydrogen) atoms. The molecule has 0 radical (unpaired) electrons. The fraction of sp³-hybridized carbons (Fsp3) is 0.235. The number of thiophene rings is 1. The predicted octanol–water partition coefficient (Wildman–Crippen LogP) is 1.92. The summed E-state index contributed by atoms with van der Waals surface area (Å²) in [7, 11) is 0. The normalized spacial score (nSPS) is 10.2. The second-order valence-electron chi connectivity index (χ2n) is 5.22. The number of anilines is 1. The van der Waals surface area contributed by atoms with Crippen molar-refractivity contribution in [3.05, 3.63) is 52.2 Å². The molecule has 3 amide bonds. The van der Waals surface area contributed by atoms with Gasteiger partial charge in [0.25, 0.3) is 5.91 Å². The highest BCUT2D eigenvalue weighted by Crippen LogP contribution is 2.11. The first-order chi connectivity index (χ1) is 11.5. The summed E-state index contributed by atoms with van der Waals surface area (Å²) >= 11 is 1.38. The Labute approximate surface area is 144 Å². The van der Waals surface area contributed by atoms with E-state index in [1.165, 1.54) is 11.3 Å². The molecular weight excluding hydrogens is 326 g/mol. The highest BCUT2D eigenvalue weighted by Gasteiger charge is 2.07. The number of amides is 3. The van der Waals surface area contributed by atoms with Gasteiger partial charge in [0.1, 0.15) is 0 Å². The van der Waals surface area contributed by atoms with Crippen LogP contribution in [-0.2, 0) is 16.0 Å². The molecule has 0 fully saturated rings. The monoisotopic (exact) mass is 345 g/mol. The zero-order valence-corrected chi connectivity index (χ0v) is 13.9. The van der Waals surface area contributed by atoms with E-state index in [0.29, 0.717) is 30.0 Å². The topological polar surface area (TPSA) is 101 Å². The van der Waals surface area contributed by atoms with Crippen molar-refractivity contribution in [3.63, 3.8) is 0 Å². The highest BCUT2D eigenvalue weighted by molar-refractivity contribution is 7.12. The number of rotatable bonds is 8. The maximum absolute atomic E-state index is 11.9. The summed E-state index contributed by atoms with van der Waals surface area (Å²) in [5, 5.41) is 7.39. The van der Waals surface area contributed by atoms with E-state index in [9.17, 15) is 14.4 Å². The molecule has 0 unspecified atom stereocenters. The summed E-state index contributed by atoms with van der Waals surface area (Å²) in [5.41, 5.74) is 6.59. The number of nitrogens with one attached hydrogen (secondary N) is 2. The van der Waals surface area contributed by atoms with Gasteiger partial charge in [0.2, 0.25) is 11.8 Å². The molecule has 0 aliphatic heterocycles. The molecule has 2 aromatic rings.